The van der Waals surface area contributed by atoms with Crippen molar-refractivity contribution in [3.05, 3.63) is 66.0 Å². The van der Waals surface area contributed by atoms with Crippen LogP contribution in [-0.4, -0.2) is 17.1 Å². The predicted molar refractivity (Wildman–Crippen MR) is 95.0 cm³/mol. The van der Waals surface area contributed by atoms with Gasteiger partial charge in [0.1, 0.15) is 18.2 Å². The van der Waals surface area contributed by atoms with Crippen LogP contribution in [0.1, 0.15) is 18.4 Å². The van der Waals surface area contributed by atoms with Gasteiger partial charge in [-0.3, -0.25) is 0 Å². The van der Waals surface area contributed by atoms with E-state index in [9.17, 15) is 4.39 Å². The van der Waals surface area contributed by atoms with Gasteiger partial charge in [-0.1, -0.05) is 52.9 Å². The lowest BCUT2D eigenvalue weighted by Gasteiger charge is -2.18. The van der Waals surface area contributed by atoms with Crippen molar-refractivity contribution in [1.82, 2.24) is 0 Å². The second-order valence-corrected chi connectivity index (χ2v) is 6.09. The Morgan fingerprint density at radius 2 is 1.73 bits per heavy atom. The summed E-state index contributed by atoms with van der Waals surface area (Å²) in [5.74, 6) is 0.415. The van der Waals surface area contributed by atoms with Crippen molar-refractivity contribution in [3.8, 4) is 5.75 Å². The Morgan fingerprint density at radius 3 is 2.41 bits per heavy atom. The normalized spacial score (nSPS) is 12.1. The number of rotatable bonds is 9. The molecule has 0 radical (unpaired) electrons. The summed E-state index contributed by atoms with van der Waals surface area (Å²) in [6.45, 7) is 1.06. The molecule has 0 saturated carbocycles. The van der Waals surface area contributed by atoms with E-state index in [-0.39, 0.29) is 11.9 Å². The third kappa shape index (κ3) is 6.32. The van der Waals surface area contributed by atoms with Gasteiger partial charge in [-0.2, -0.15) is 0 Å². The predicted octanol–water partition coefficient (Wildman–Crippen LogP) is 5.01. The molecule has 0 fully saturated rings. The van der Waals surface area contributed by atoms with E-state index in [2.05, 4.69) is 34.7 Å². The maximum Gasteiger partial charge on any atom is 0.123 e. The summed E-state index contributed by atoms with van der Waals surface area (Å²) in [5, 5.41) is 0. The van der Waals surface area contributed by atoms with Gasteiger partial charge in [-0.05, 0) is 47.1 Å². The van der Waals surface area contributed by atoms with E-state index >= 15 is 0 Å². The highest BCUT2D eigenvalue weighted by Gasteiger charge is 2.10. The van der Waals surface area contributed by atoms with E-state index < -0.39 is 0 Å². The van der Waals surface area contributed by atoms with Crippen LogP contribution in [0, 0.1) is 5.82 Å². The van der Waals surface area contributed by atoms with Gasteiger partial charge in [0.05, 0.1) is 12.7 Å². The minimum absolute atomic E-state index is 0.0417. The Morgan fingerprint density at radius 1 is 1.00 bits per heavy atom. The van der Waals surface area contributed by atoms with Crippen molar-refractivity contribution in [2.45, 2.75) is 25.6 Å². The minimum Gasteiger partial charge on any atom is -0.491 e. The van der Waals surface area contributed by atoms with Crippen LogP contribution in [0.4, 0.5) is 4.39 Å². The second kappa shape index (κ2) is 9.79. The highest BCUT2D eigenvalue weighted by atomic mass is 127. The summed E-state index contributed by atoms with van der Waals surface area (Å²) in [7, 11) is 0. The van der Waals surface area contributed by atoms with Crippen LogP contribution < -0.4 is 4.74 Å². The third-order valence-electron chi connectivity index (χ3n) is 3.24. The molecule has 4 heteroatoms. The molecule has 0 aliphatic rings. The van der Waals surface area contributed by atoms with Crippen LogP contribution in [0.3, 0.4) is 0 Å². The van der Waals surface area contributed by atoms with Gasteiger partial charge in [0.15, 0.2) is 0 Å². The quantitative estimate of drug-likeness (QED) is 0.425. The minimum atomic E-state index is -0.255. The lowest BCUT2D eigenvalue weighted by Crippen LogP contribution is -2.22. The molecule has 2 aromatic carbocycles. The summed E-state index contributed by atoms with van der Waals surface area (Å²) < 4.78 is 25.7. The summed E-state index contributed by atoms with van der Waals surface area (Å²) >= 11 is 2.37. The first-order chi connectivity index (χ1) is 10.8. The van der Waals surface area contributed by atoms with E-state index in [1.165, 1.54) is 12.1 Å². The third-order valence-corrected chi connectivity index (χ3v) is 4.00. The van der Waals surface area contributed by atoms with Crippen molar-refractivity contribution in [2.24, 2.45) is 0 Å². The smallest absolute Gasteiger partial charge is 0.123 e. The van der Waals surface area contributed by atoms with Crippen molar-refractivity contribution in [1.29, 1.82) is 0 Å². The van der Waals surface area contributed by atoms with Crippen LogP contribution in [0.25, 0.3) is 0 Å². The van der Waals surface area contributed by atoms with Gasteiger partial charge < -0.3 is 9.47 Å². The van der Waals surface area contributed by atoms with Crippen LogP contribution in [0.2, 0.25) is 0 Å². The van der Waals surface area contributed by atoms with E-state index in [1.54, 1.807) is 12.1 Å². The molecule has 2 rings (SSSR count). The highest BCUT2D eigenvalue weighted by Crippen LogP contribution is 2.14. The van der Waals surface area contributed by atoms with Crippen LogP contribution >= 0.6 is 22.6 Å². The topological polar surface area (TPSA) is 18.5 Å². The largest absolute Gasteiger partial charge is 0.491 e. The number of benzene rings is 2. The number of halogens is 2. The summed E-state index contributed by atoms with van der Waals surface area (Å²) in [6, 6.07) is 16.2. The van der Waals surface area contributed by atoms with E-state index in [0.29, 0.717) is 19.0 Å². The average molecular weight is 414 g/mol. The maximum absolute atomic E-state index is 12.9. The molecule has 0 aliphatic heterocycles. The molecule has 1 unspecified atom stereocenters. The molecule has 2 aromatic rings. The SMILES string of the molecule is Fc1ccc(OCC(CCCI)OCc2ccccc2)cc1. The molecule has 0 aliphatic carbocycles. The fourth-order valence-corrected chi connectivity index (χ4v) is 2.47. The first-order valence-corrected chi connectivity index (χ1v) is 8.90. The fourth-order valence-electron chi connectivity index (χ4n) is 2.03. The van der Waals surface area contributed by atoms with Crippen molar-refractivity contribution in [2.75, 3.05) is 11.0 Å². The molecule has 1 atom stereocenters. The fraction of sp³-hybridized carbons (Fsp3) is 0.333. The summed E-state index contributed by atoms with van der Waals surface area (Å²) in [6.07, 6.45) is 2.09. The van der Waals surface area contributed by atoms with Gasteiger partial charge in [-0.25, -0.2) is 4.39 Å². The monoisotopic (exact) mass is 414 g/mol. The van der Waals surface area contributed by atoms with E-state index in [1.807, 2.05) is 18.2 Å². The zero-order valence-electron chi connectivity index (χ0n) is 12.4. The molecular formula is C18H20FIO2. The van der Waals surface area contributed by atoms with Gasteiger partial charge in [0, 0.05) is 0 Å². The standard InChI is InChI=1S/C18H20FIO2/c19-16-8-10-17(11-9-16)22-14-18(7-4-12-20)21-13-15-5-2-1-3-6-15/h1-3,5-6,8-11,18H,4,7,12-14H2. The highest BCUT2D eigenvalue weighted by molar-refractivity contribution is 14.1. The molecule has 0 aromatic heterocycles. The molecular weight excluding hydrogens is 394 g/mol. The molecule has 22 heavy (non-hydrogen) atoms. The van der Waals surface area contributed by atoms with Crippen molar-refractivity contribution in [3.63, 3.8) is 0 Å². The molecule has 0 bridgehead atoms. The maximum atomic E-state index is 12.9. The Hall–Kier alpha value is -1.14. The molecule has 118 valence electrons. The van der Waals surface area contributed by atoms with Crippen molar-refractivity contribution >= 4 is 22.6 Å². The molecule has 0 heterocycles. The van der Waals surface area contributed by atoms with Gasteiger partial charge >= 0.3 is 0 Å². The van der Waals surface area contributed by atoms with Crippen LogP contribution in [0.15, 0.2) is 54.6 Å². The zero-order chi connectivity index (χ0) is 15.6. The van der Waals surface area contributed by atoms with Gasteiger partial charge in [-0.15, -0.1) is 0 Å². The number of hydrogen-bond acceptors (Lipinski definition) is 2. The Labute approximate surface area is 144 Å². The summed E-state index contributed by atoms with van der Waals surface area (Å²) in [4.78, 5) is 0. The molecule has 0 saturated heterocycles. The first kappa shape index (κ1) is 17.2. The molecule has 0 amide bonds. The van der Waals surface area contributed by atoms with Gasteiger partial charge in [0.25, 0.3) is 0 Å². The van der Waals surface area contributed by atoms with Crippen LogP contribution in [-0.2, 0) is 11.3 Å². The Balaban J connectivity index is 1.84. The number of ether oxygens (including phenoxy) is 2. The zero-order valence-corrected chi connectivity index (χ0v) is 14.5. The molecule has 0 N–H and O–H groups in total. The van der Waals surface area contributed by atoms with E-state index in [4.69, 9.17) is 9.47 Å². The van der Waals surface area contributed by atoms with Crippen LogP contribution in [0.5, 0.6) is 5.75 Å². The first-order valence-electron chi connectivity index (χ1n) is 7.38. The number of hydrogen-bond donors (Lipinski definition) is 0. The Bertz CT molecular complexity index is 531. The number of alkyl halides is 1. The second-order valence-electron chi connectivity index (χ2n) is 5.01. The van der Waals surface area contributed by atoms with Gasteiger partial charge in [0.2, 0.25) is 0 Å². The van der Waals surface area contributed by atoms with Crippen molar-refractivity contribution < 1.29 is 13.9 Å². The Kier molecular flexibility index (Phi) is 7.66. The summed E-state index contributed by atoms with van der Waals surface area (Å²) in [5.41, 5.74) is 1.16. The van der Waals surface area contributed by atoms with E-state index in [0.717, 1.165) is 22.8 Å². The molecule has 0 spiro atoms. The molecule has 2 nitrogen and oxygen atoms in total. The lowest BCUT2D eigenvalue weighted by atomic mass is 10.2. The average Bonchev–Trinajstić information content (AvgIpc) is 2.56. The lowest BCUT2D eigenvalue weighted by molar-refractivity contribution is 0.00447.